The maximum Gasteiger partial charge on any atom is 0.276 e. The van der Waals surface area contributed by atoms with Gasteiger partial charge in [-0.25, -0.2) is 4.98 Å². The number of ether oxygens (including phenoxy) is 1. The highest BCUT2D eigenvalue weighted by Gasteiger charge is 2.16. The van der Waals surface area contributed by atoms with Crippen LogP contribution < -0.4 is 10.2 Å². The fraction of sp³-hybridized carbons (Fsp3) is 0.615. The molecule has 0 aliphatic rings. The van der Waals surface area contributed by atoms with E-state index in [-0.39, 0.29) is 5.69 Å². The number of methoxy groups -OCH3 is 1. The Morgan fingerprint density at radius 3 is 2.70 bits per heavy atom. The highest BCUT2D eigenvalue weighted by atomic mass is 16.6. The van der Waals surface area contributed by atoms with Gasteiger partial charge in [-0.1, -0.05) is 13.8 Å². The maximum atomic E-state index is 11.0. The van der Waals surface area contributed by atoms with Crippen molar-refractivity contribution in [2.24, 2.45) is 5.92 Å². The Morgan fingerprint density at radius 1 is 1.50 bits per heavy atom. The van der Waals surface area contributed by atoms with Gasteiger partial charge in [0.1, 0.15) is 11.6 Å². The summed E-state index contributed by atoms with van der Waals surface area (Å²) >= 11 is 0. The van der Waals surface area contributed by atoms with Crippen molar-refractivity contribution in [3.63, 3.8) is 0 Å². The molecule has 0 saturated carbocycles. The fourth-order valence-electron chi connectivity index (χ4n) is 1.84. The third kappa shape index (κ3) is 4.65. The molecule has 0 spiro atoms. The standard InChI is InChI=1S/C13H22N4O3/c1-10(2)9-16(5-6-20-4)13-8-11(17(18)19)7-12(14-3)15-13/h7-8,10H,5-6,9H2,1-4H3,(H,14,15). The van der Waals surface area contributed by atoms with Crippen LogP contribution >= 0.6 is 0 Å². The van der Waals surface area contributed by atoms with E-state index in [0.29, 0.717) is 30.7 Å². The average molecular weight is 282 g/mol. The predicted molar refractivity (Wildman–Crippen MR) is 79.4 cm³/mol. The van der Waals surface area contributed by atoms with Crippen LogP contribution in [0.5, 0.6) is 0 Å². The van der Waals surface area contributed by atoms with E-state index in [2.05, 4.69) is 24.1 Å². The van der Waals surface area contributed by atoms with Crippen LogP contribution in [0.25, 0.3) is 0 Å². The van der Waals surface area contributed by atoms with E-state index in [0.717, 1.165) is 6.54 Å². The normalized spacial score (nSPS) is 10.7. The molecule has 0 saturated heterocycles. The van der Waals surface area contributed by atoms with E-state index in [1.807, 2.05) is 4.90 Å². The lowest BCUT2D eigenvalue weighted by molar-refractivity contribution is -0.384. The number of nitrogens with one attached hydrogen (secondary N) is 1. The van der Waals surface area contributed by atoms with Gasteiger partial charge in [0.2, 0.25) is 0 Å². The number of nitrogens with zero attached hydrogens (tertiary/aromatic N) is 3. The van der Waals surface area contributed by atoms with Gasteiger partial charge in [0.25, 0.3) is 5.69 Å². The van der Waals surface area contributed by atoms with Gasteiger partial charge in [-0.15, -0.1) is 0 Å². The quantitative estimate of drug-likeness (QED) is 0.581. The van der Waals surface area contributed by atoms with E-state index in [1.54, 1.807) is 14.2 Å². The van der Waals surface area contributed by atoms with Gasteiger partial charge < -0.3 is 15.0 Å². The maximum absolute atomic E-state index is 11.0. The molecule has 1 N–H and O–H groups in total. The van der Waals surface area contributed by atoms with Gasteiger partial charge >= 0.3 is 0 Å². The van der Waals surface area contributed by atoms with Crippen LogP contribution in [0.1, 0.15) is 13.8 Å². The molecule has 0 amide bonds. The summed E-state index contributed by atoms with van der Waals surface area (Å²) in [5.41, 5.74) is 0.0329. The minimum absolute atomic E-state index is 0.0329. The Kier molecular flexibility index (Phi) is 6.17. The number of rotatable bonds is 8. The summed E-state index contributed by atoms with van der Waals surface area (Å²) in [7, 11) is 3.32. The second kappa shape index (κ2) is 7.64. The average Bonchev–Trinajstić information content (AvgIpc) is 2.42. The molecule has 112 valence electrons. The van der Waals surface area contributed by atoms with Crippen molar-refractivity contribution < 1.29 is 9.66 Å². The number of aromatic nitrogens is 1. The van der Waals surface area contributed by atoms with Gasteiger partial charge in [0, 0.05) is 27.2 Å². The molecule has 1 heterocycles. The minimum Gasteiger partial charge on any atom is -0.383 e. The topological polar surface area (TPSA) is 80.5 Å². The molecule has 0 aliphatic carbocycles. The van der Waals surface area contributed by atoms with E-state index >= 15 is 0 Å². The van der Waals surface area contributed by atoms with E-state index < -0.39 is 4.92 Å². The molecular formula is C13H22N4O3. The molecule has 1 aromatic rings. The van der Waals surface area contributed by atoms with Crippen LogP contribution in [0.15, 0.2) is 12.1 Å². The molecule has 0 aliphatic heterocycles. The van der Waals surface area contributed by atoms with Gasteiger partial charge in [0.05, 0.1) is 23.7 Å². The Labute approximate surface area is 119 Å². The molecule has 20 heavy (non-hydrogen) atoms. The lowest BCUT2D eigenvalue weighted by atomic mass is 10.2. The Morgan fingerprint density at radius 2 is 2.20 bits per heavy atom. The smallest absolute Gasteiger partial charge is 0.276 e. The Balaban J connectivity index is 3.09. The lowest BCUT2D eigenvalue weighted by Crippen LogP contribution is -2.31. The third-order valence-corrected chi connectivity index (χ3v) is 2.74. The summed E-state index contributed by atoms with van der Waals surface area (Å²) in [5.74, 6) is 1.50. The molecule has 0 bridgehead atoms. The first kappa shape index (κ1) is 16.2. The number of hydrogen-bond donors (Lipinski definition) is 1. The van der Waals surface area contributed by atoms with E-state index in [1.165, 1.54) is 12.1 Å². The molecule has 1 aromatic heterocycles. The van der Waals surface area contributed by atoms with Crippen LogP contribution in [-0.2, 0) is 4.74 Å². The summed E-state index contributed by atoms with van der Waals surface area (Å²) in [5, 5.41) is 13.8. The zero-order valence-corrected chi connectivity index (χ0v) is 12.4. The van der Waals surface area contributed by atoms with Crippen LogP contribution in [-0.4, -0.2) is 43.8 Å². The summed E-state index contributed by atoms with van der Waals surface area (Å²) in [6.45, 7) is 6.14. The second-order valence-electron chi connectivity index (χ2n) is 4.91. The largest absolute Gasteiger partial charge is 0.383 e. The molecule has 0 unspecified atom stereocenters. The molecule has 0 fully saturated rings. The number of anilines is 2. The van der Waals surface area contributed by atoms with Crippen molar-refractivity contribution >= 4 is 17.3 Å². The van der Waals surface area contributed by atoms with Crippen molar-refractivity contribution in [2.75, 3.05) is 44.1 Å². The Hall–Kier alpha value is -1.89. The van der Waals surface area contributed by atoms with Crippen LogP contribution in [0.4, 0.5) is 17.3 Å². The highest BCUT2D eigenvalue weighted by molar-refractivity contribution is 5.55. The van der Waals surface area contributed by atoms with Crippen molar-refractivity contribution in [3.05, 3.63) is 22.2 Å². The van der Waals surface area contributed by atoms with Crippen molar-refractivity contribution in [1.82, 2.24) is 4.98 Å². The van der Waals surface area contributed by atoms with Crippen molar-refractivity contribution in [2.45, 2.75) is 13.8 Å². The zero-order chi connectivity index (χ0) is 15.1. The summed E-state index contributed by atoms with van der Waals surface area (Å²) in [6.07, 6.45) is 0. The molecule has 1 rings (SSSR count). The van der Waals surface area contributed by atoms with Crippen LogP contribution in [0.2, 0.25) is 0 Å². The zero-order valence-electron chi connectivity index (χ0n) is 12.4. The number of pyridine rings is 1. The SMILES string of the molecule is CNc1cc([N+](=O)[O-])cc(N(CCOC)CC(C)C)n1. The number of hydrogen-bond acceptors (Lipinski definition) is 6. The first-order valence-corrected chi connectivity index (χ1v) is 6.56. The molecule has 7 heteroatoms. The van der Waals surface area contributed by atoms with Crippen molar-refractivity contribution in [1.29, 1.82) is 0 Å². The lowest BCUT2D eigenvalue weighted by Gasteiger charge is -2.25. The molecule has 0 radical (unpaired) electrons. The monoisotopic (exact) mass is 282 g/mol. The van der Waals surface area contributed by atoms with Gasteiger partial charge in [-0.05, 0) is 5.92 Å². The number of nitro groups is 1. The molecule has 7 nitrogen and oxygen atoms in total. The molecular weight excluding hydrogens is 260 g/mol. The first-order valence-electron chi connectivity index (χ1n) is 6.56. The summed E-state index contributed by atoms with van der Waals surface area (Å²) < 4.78 is 5.09. The predicted octanol–water partition coefficient (Wildman–Crippen LogP) is 2.14. The van der Waals surface area contributed by atoms with E-state index in [9.17, 15) is 10.1 Å². The minimum atomic E-state index is -0.407. The third-order valence-electron chi connectivity index (χ3n) is 2.74. The summed E-state index contributed by atoms with van der Waals surface area (Å²) in [6, 6.07) is 2.92. The van der Waals surface area contributed by atoms with Gasteiger partial charge in [-0.3, -0.25) is 10.1 Å². The van der Waals surface area contributed by atoms with E-state index in [4.69, 9.17) is 4.74 Å². The van der Waals surface area contributed by atoms with Gasteiger partial charge in [0.15, 0.2) is 0 Å². The molecule has 0 aromatic carbocycles. The fourth-order valence-corrected chi connectivity index (χ4v) is 1.84. The molecule has 0 atom stereocenters. The van der Waals surface area contributed by atoms with Crippen molar-refractivity contribution in [3.8, 4) is 0 Å². The van der Waals surface area contributed by atoms with Gasteiger partial charge in [-0.2, -0.15) is 0 Å². The van der Waals surface area contributed by atoms with Crippen LogP contribution in [0, 0.1) is 16.0 Å². The second-order valence-corrected chi connectivity index (χ2v) is 4.91. The van der Waals surface area contributed by atoms with Crippen LogP contribution in [0.3, 0.4) is 0 Å². The highest BCUT2D eigenvalue weighted by Crippen LogP contribution is 2.23. The summed E-state index contributed by atoms with van der Waals surface area (Å²) in [4.78, 5) is 17.0. The Bertz CT molecular complexity index is 451. The first-order chi connectivity index (χ1) is 9.47.